The summed E-state index contributed by atoms with van der Waals surface area (Å²) >= 11 is 5.31. The van der Waals surface area contributed by atoms with Crippen molar-refractivity contribution in [2.24, 2.45) is 0 Å². The zero-order valence-corrected chi connectivity index (χ0v) is 14.5. The molecule has 0 aliphatic rings. The average molecular weight is 335 g/mol. The van der Waals surface area contributed by atoms with Crippen LogP contribution in [0, 0.1) is 11.3 Å². The Labute approximate surface area is 141 Å². The minimum atomic E-state index is -0.359. The second-order valence-corrected chi connectivity index (χ2v) is 5.59. The van der Waals surface area contributed by atoms with Crippen molar-refractivity contribution in [1.82, 2.24) is 10.6 Å². The molecular formula is C16H21N3O3S. The number of thiocarbonyl (C=S) groups is 1. The van der Waals surface area contributed by atoms with Crippen LogP contribution in [0.5, 0.6) is 5.75 Å². The minimum absolute atomic E-state index is 0.0153. The number of carbonyl (C=O) groups is 1. The van der Waals surface area contributed by atoms with E-state index in [9.17, 15) is 10.1 Å². The van der Waals surface area contributed by atoms with Gasteiger partial charge < -0.3 is 20.1 Å². The molecule has 2 N–H and O–H groups in total. The first-order valence-corrected chi connectivity index (χ1v) is 7.58. The number of hydrogen-bond acceptors (Lipinski definition) is 5. The van der Waals surface area contributed by atoms with E-state index in [1.165, 1.54) is 7.11 Å². The molecule has 1 aromatic rings. The van der Waals surface area contributed by atoms with E-state index < -0.39 is 0 Å². The molecule has 1 atom stereocenters. The maximum Gasteiger partial charge on any atom is 0.247 e. The van der Waals surface area contributed by atoms with E-state index in [1.54, 1.807) is 25.1 Å². The molecule has 0 saturated heterocycles. The molecule has 0 fully saturated rings. The molecule has 0 aliphatic heterocycles. The van der Waals surface area contributed by atoms with Gasteiger partial charge >= 0.3 is 0 Å². The van der Waals surface area contributed by atoms with E-state index in [0.717, 1.165) is 0 Å². The van der Waals surface area contributed by atoms with Crippen LogP contribution in [-0.2, 0) is 9.53 Å². The molecule has 0 radical (unpaired) electrons. The van der Waals surface area contributed by atoms with Gasteiger partial charge in [-0.1, -0.05) is 12.2 Å². The number of nitrogens with one attached hydrogen (secondary N) is 2. The van der Waals surface area contributed by atoms with E-state index in [-0.39, 0.29) is 24.8 Å². The Morgan fingerprint density at radius 2 is 2.04 bits per heavy atom. The van der Waals surface area contributed by atoms with Crippen molar-refractivity contribution in [3.63, 3.8) is 0 Å². The quantitative estimate of drug-likeness (QED) is 0.583. The summed E-state index contributed by atoms with van der Waals surface area (Å²) in [5.74, 6) is 0.282. The van der Waals surface area contributed by atoms with Crippen LogP contribution in [0.3, 0.4) is 0 Å². The maximum absolute atomic E-state index is 11.4. The highest BCUT2D eigenvalue weighted by atomic mass is 32.1. The van der Waals surface area contributed by atoms with Crippen molar-refractivity contribution in [3.8, 4) is 11.8 Å². The molecule has 1 unspecified atom stereocenters. The third kappa shape index (κ3) is 6.22. The summed E-state index contributed by atoms with van der Waals surface area (Å²) in [6.07, 6.45) is -0.378. The zero-order chi connectivity index (χ0) is 17.4. The van der Waals surface area contributed by atoms with Crippen molar-refractivity contribution < 1.29 is 14.3 Å². The number of nitriles is 1. The molecule has 0 bridgehead atoms. The molecule has 0 aromatic heterocycles. The molecule has 124 valence electrons. The molecule has 1 aromatic carbocycles. The molecule has 0 saturated carbocycles. The Hall–Kier alpha value is -2.17. The summed E-state index contributed by atoms with van der Waals surface area (Å²) in [6.45, 7) is 5.54. The third-order valence-electron chi connectivity index (χ3n) is 2.73. The lowest BCUT2D eigenvalue weighted by Crippen LogP contribution is -2.46. The molecule has 23 heavy (non-hydrogen) atoms. The smallest absolute Gasteiger partial charge is 0.247 e. The van der Waals surface area contributed by atoms with Gasteiger partial charge in [-0.2, -0.15) is 5.26 Å². The number of hydrogen-bond donors (Lipinski definition) is 2. The second-order valence-electron chi connectivity index (χ2n) is 5.19. The highest BCUT2D eigenvalue weighted by Gasteiger charge is 2.12. The third-order valence-corrected chi connectivity index (χ3v) is 3.08. The van der Waals surface area contributed by atoms with E-state index >= 15 is 0 Å². The zero-order valence-electron chi connectivity index (χ0n) is 13.7. The summed E-state index contributed by atoms with van der Waals surface area (Å²) in [6, 6.07) is 7.26. The van der Waals surface area contributed by atoms with Crippen LogP contribution in [0.1, 0.15) is 31.9 Å². The Kier molecular flexibility index (Phi) is 7.45. The Morgan fingerprint density at radius 3 is 2.61 bits per heavy atom. The van der Waals surface area contributed by atoms with Crippen LogP contribution in [0.4, 0.5) is 0 Å². The normalized spacial score (nSPS) is 11.5. The number of carbonyl (C=O) groups excluding carboxylic acids is 1. The van der Waals surface area contributed by atoms with E-state index in [1.807, 2.05) is 13.8 Å². The first kappa shape index (κ1) is 18.9. The molecule has 6 nitrogen and oxygen atoms in total. The van der Waals surface area contributed by atoms with Gasteiger partial charge in [0, 0.05) is 12.7 Å². The van der Waals surface area contributed by atoms with Crippen molar-refractivity contribution in [1.29, 1.82) is 5.26 Å². The molecule has 0 heterocycles. The molecular weight excluding hydrogens is 314 g/mol. The predicted octanol–water partition coefficient (Wildman–Crippen LogP) is 1.72. The minimum Gasteiger partial charge on any atom is -0.490 e. The van der Waals surface area contributed by atoms with Crippen LogP contribution in [0.25, 0.3) is 0 Å². The first-order chi connectivity index (χ1) is 10.9. The molecule has 0 aliphatic carbocycles. The number of amides is 1. The summed E-state index contributed by atoms with van der Waals surface area (Å²) in [7, 11) is 1.45. The van der Waals surface area contributed by atoms with Crippen LogP contribution in [0.15, 0.2) is 18.2 Å². The molecule has 7 heteroatoms. The van der Waals surface area contributed by atoms with Crippen LogP contribution in [0.2, 0.25) is 0 Å². The number of rotatable bonds is 7. The summed E-state index contributed by atoms with van der Waals surface area (Å²) in [4.78, 5) is 11.9. The fourth-order valence-electron chi connectivity index (χ4n) is 1.85. The van der Waals surface area contributed by atoms with Crippen LogP contribution < -0.4 is 15.4 Å². The molecule has 1 rings (SSSR count). The Balaban J connectivity index is 2.77. The lowest BCUT2D eigenvalue weighted by atomic mass is 10.1. The van der Waals surface area contributed by atoms with Crippen molar-refractivity contribution in [2.75, 3.05) is 13.7 Å². The summed E-state index contributed by atoms with van der Waals surface area (Å²) in [5, 5.41) is 14.9. The summed E-state index contributed by atoms with van der Waals surface area (Å²) in [5.41, 5.74) is 1.09. The van der Waals surface area contributed by atoms with Gasteiger partial charge in [0.05, 0.1) is 17.8 Å². The second kappa shape index (κ2) is 9.08. The number of benzene rings is 1. The number of ether oxygens (including phenoxy) is 2. The van der Waals surface area contributed by atoms with Crippen molar-refractivity contribution in [3.05, 3.63) is 29.3 Å². The number of nitrogens with zero attached hydrogens (tertiary/aromatic N) is 1. The lowest BCUT2D eigenvalue weighted by Gasteiger charge is -2.18. The highest BCUT2D eigenvalue weighted by Crippen LogP contribution is 2.21. The average Bonchev–Trinajstić information content (AvgIpc) is 2.46. The topological polar surface area (TPSA) is 83.4 Å². The van der Waals surface area contributed by atoms with E-state index in [0.29, 0.717) is 21.9 Å². The van der Waals surface area contributed by atoms with Crippen molar-refractivity contribution >= 4 is 23.1 Å². The Morgan fingerprint density at radius 1 is 1.35 bits per heavy atom. The van der Waals surface area contributed by atoms with Gasteiger partial charge in [0.25, 0.3) is 0 Å². The van der Waals surface area contributed by atoms with Gasteiger partial charge in [0.15, 0.2) is 0 Å². The van der Waals surface area contributed by atoms with Gasteiger partial charge in [-0.3, -0.25) is 4.79 Å². The van der Waals surface area contributed by atoms with Crippen molar-refractivity contribution in [2.45, 2.75) is 33.0 Å². The fourth-order valence-corrected chi connectivity index (χ4v) is 2.15. The van der Waals surface area contributed by atoms with Gasteiger partial charge in [-0.15, -0.1) is 0 Å². The van der Waals surface area contributed by atoms with Gasteiger partial charge in [0.1, 0.15) is 23.4 Å². The number of methoxy groups -OCH3 is 1. The monoisotopic (exact) mass is 335 g/mol. The molecule has 0 spiro atoms. The largest absolute Gasteiger partial charge is 0.490 e. The van der Waals surface area contributed by atoms with Crippen LogP contribution >= 0.6 is 12.2 Å². The maximum atomic E-state index is 11.4. The highest BCUT2D eigenvalue weighted by molar-refractivity contribution is 7.80. The molecule has 1 amide bonds. The van der Waals surface area contributed by atoms with Gasteiger partial charge in [-0.05, 0) is 39.0 Å². The Bertz CT molecular complexity index is 611. The van der Waals surface area contributed by atoms with Gasteiger partial charge in [-0.25, -0.2) is 0 Å². The van der Waals surface area contributed by atoms with E-state index in [4.69, 9.17) is 21.7 Å². The van der Waals surface area contributed by atoms with Gasteiger partial charge in [0.2, 0.25) is 5.91 Å². The first-order valence-electron chi connectivity index (χ1n) is 7.17. The fraction of sp³-hybridized carbons (Fsp3) is 0.438. The van der Waals surface area contributed by atoms with Crippen LogP contribution in [-0.4, -0.2) is 36.9 Å². The lowest BCUT2D eigenvalue weighted by molar-refractivity contribution is -0.125. The standard InChI is InChI=1S/C16H21N3O3S/c1-10(2)22-14-6-5-12(7-13(14)8-17)16(23)19-11(3)18-15(20)9-21-4/h5-7,10-11H,9H2,1-4H3,(H,18,20)(H,19,23). The summed E-state index contributed by atoms with van der Waals surface area (Å²) < 4.78 is 10.3. The SMILES string of the molecule is COCC(=O)NC(C)NC(=S)c1ccc(OC(C)C)c(C#N)c1. The van der Waals surface area contributed by atoms with E-state index in [2.05, 4.69) is 16.7 Å². The predicted molar refractivity (Wildman–Crippen MR) is 91.2 cm³/mol.